The highest BCUT2D eigenvalue weighted by Gasteiger charge is 2.19. The van der Waals surface area contributed by atoms with Gasteiger partial charge < -0.3 is 10.6 Å². The first kappa shape index (κ1) is 16.7. The van der Waals surface area contributed by atoms with Crippen molar-refractivity contribution in [1.82, 2.24) is 10.3 Å². The van der Waals surface area contributed by atoms with Crippen LogP contribution in [0.5, 0.6) is 0 Å². The molecule has 1 fully saturated rings. The Balaban J connectivity index is 1.73. The van der Waals surface area contributed by atoms with Crippen LogP contribution in [0.3, 0.4) is 0 Å². The third kappa shape index (κ3) is 4.01. The number of nitriles is 1. The Bertz CT molecular complexity index is 835. The normalized spacial score (nSPS) is 13.9. The minimum atomic E-state index is -0.460. The van der Waals surface area contributed by atoms with Gasteiger partial charge in [-0.1, -0.05) is 31.0 Å². The smallest absolute Gasteiger partial charge is 0.274 e. The number of anilines is 1. The molecule has 1 aliphatic carbocycles. The predicted octanol–water partition coefficient (Wildman–Crippen LogP) is 2.88. The lowest BCUT2D eigenvalue weighted by Crippen LogP contribution is -2.33. The minimum absolute atomic E-state index is 0.131. The molecular formula is C19H18N4O2. The zero-order chi connectivity index (χ0) is 17.6. The molecule has 0 radical (unpaired) electrons. The molecule has 0 unspecified atom stereocenters. The lowest BCUT2D eigenvalue weighted by molar-refractivity contribution is 0.0932. The highest BCUT2D eigenvalue weighted by Crippen LogP contribution is 2.18. The fourth-order valence-electron chi connectivity index (χ4n) is 2.89. The van der Waals surface area contributed by atoms with Gasteiger partial charge >= 0.3 is 0 Å². The lowest BCUT2D eigenvalue weighted by atomic mass is 10.2. The fraction of sp³-hybridized carbons (Fsp3) is 0.263. The molecule has 0 bridgehead atoms. The maximum atomic E-state index is 12.4. The van der Waals surface area contributed by atoms with Gasteiger partial charge in [0.05, 0.1) is 11.3 Å². The van der Waals surface area contributed by atoms with Crippen molar-refractivity contribution in [3.63, 3.8) is 0 Å². The molecule has 1 aliphatic rings. The van der Waals surface area contributed by atoms with Crippen molar-refractivity contribution in [2.45, 2.75) is 31.7 Å². The van der Waals surface area contributed by atoms with Crippen molar-refractivity contribution < 1.29 is 9.59 Å². The third-order valence-electron chi connectivity index (χ3n) is 4.20. The molecule has 0 spiro atoms. The highest BCUT2D eigenvalue weighted by atomic mass is 16.2. The van der Waals surface area contributed by atoms with Gasteiger partial charge in [-0.25, -0.2) is 4.98 Å². The summed E-state index contributed by atoms with van der Waals surface area (Å²) < 4.78 is 0. The molecule has 0 saturated heterocycles. The van der Waals surface area contributed by atoms with E-state index in [9.17, 15) is 9.59 Å². The summed E-state index contributed by atoms with van der Waals surface area (Å²) in [5.74, 6) is -0.725. The molecule has 1 aromatic carbocycles. The van der Waals surface area contributed by atoms with E-state index in [1.807, 2.05) is 6.07 Å². The summed E-state index contributed by atoms with van der Waals surface area (Å²) in [6.45, 7) is 0. The number of amides is 2. The topological polar surface area (TPSA) is 94.9 Å². The van der Waals surface area contributed by atoms with E-state index < -0.39 is 5.91 Å². The first-order valence-electron chi connectivity index (χ1n) is 8.26. The summed E-state index contributed by atoms with van der Waals surface area (Å²) >= 11 is 0. The number of pyridine rings is 1. The molecule has 6 nitrogen and oxygen atoms in total. The number of carbonyl (C=O) groups is 2. The second kappa shape index (κ2) is 7.58. The van der Waals surface area contributed by atoms with Crippen molar-refractivity contribution in [2.75, 3.05) is 5.32 Å². The van der Waals surface area contributed by atoms with Gasteiger partial charge in [-0.2, -0.15) is 5.26 Å². The largest absolute Gasteiger partial charge is 0.348 e. The molecule has 126 valence electrons. The quantitative estimate of drug-likeness (QED) is 0.899. The molecule has 1 aromatic heterocycles. The number of nitrogens with zero attached hydrogens (tertiary/aromatic N) is 2. The number of hydrogen-bond acceptors (Lipinski definition) is 4. The summed E-state index contributed by atoms with van der Waals surface area (Å²) in [7, 11) is 0. The van der Waals surface area contributed by atoms with Crippen LogP contribution in [-0.2, 0) is 0 Å². The van der Waals surface area contributed by atoms with Gasteiger partial charge in [-0.15, -0.1) is 0 Å². The molecule has 2 amide bonds. The van der Waals surface area contributed by atoms with E-state index in [2.05, 4.69) is 15.6 Å². The summed E-state index contributed by atoms with van der Waals surface area (Å²) in [5.41, 5.74) is 1.13. The van der Waals surface area contributed by atoms with Gasteiger partial charge in [0.15, 0.2) is 0 Å². The molecule has 0 aliphatic heterocycles. The van der Waals surface area contributed by atoms with E-state index in [1.165, 1.54) is 6.07 Å². The standard InChI is InChI=1S/C19H18N4O2/c20-12-13-6-1-4-9-15(13)23-19(25)17-11-5-10-16(22-17)18(24)21-14-7-2-3-8-14/h1,4-6,9-11,14H,2-3,7-8H2,(H,21,24)(H,23,25). The second-order valence-electron chi connectivity index (χ2n) is 5.97. The lowest BCUT2D eigenvalue weighted by Gasteiger charge is -2.12. The fourth-order valence-corrected chi connectivity index (χ4v) is 2.89. The Labute approximate surface area is 145 Å². The summed E-state index contributed by atoms with van der Waals surface area (Å²) in [6.07, 6.45) is 4.21. The van der Waals surface area contributed by atoms with Crippen molar-refractivity contribution in [2.24, 2.45) is 0 Å². The Hall–Kier alpha value is -3.20. The number of para-hydroxylation sites is 1. The average molecular weight is 334 g/mol. The SMILES string of the molecule is N#Cc1ccccc1NC(=O)c1cccc(C(=O)NC2CCCC2)n1. The van der Waals surface area contributed by atoms with Gasteiger partial charge in [0.25, 0.3) is 11.8 Å². The van der Waals surface area contributed by atoms with E-state index in [4.69, 9.17) is 5.26 Å². The van der Waals surface area contributed by atoms with E-state index >= 15 is 0 Å². The molecule has 3 rings (SSSR count). The van der Waals surface area contributed by atoms with E-state index in [-0.39, 0.29) is 23.3 Å². The van der Waals surface area contributed by atoms with Gasteiger partial charge in [0.1, 0.15) is 17.5 Å². The molecule has 0 atom stereocenters. The Morgan fingerprint density at radius 1 is 1.00 bits per heavy atom. The maximum Gasteiger partial charge on any atom is 0.274 e. The van der Waals surface area contributed by atoms with Crippen molar-refractivity contribution >= 4 is 17.5 Å². The first-order valence-corrected chi connectivity index (χ1v) is 8.26. The molecule has 2 N–H and O–H groups in total. The average Bonchev–Trinajstić information content (AvgIpc) is 3.15. The van der Waals surface area contributed by atoms with Crippen LogP contribution in [0, 0.1) is 11.3 Å². The Morgan fingerprint density at radius 2 is 1.68 bits per heavy atom. The van der Waals surface area contributed by atoms with Crippen molar-refractivity contribution in [3.8, 4) is 6.07 Å². The zero-order valence-electron chi connectivity index (χ0n) is 13.7. The monoisotopic (exact) mass is 334 g/mol. The number of benzene rings is 1. The number of aromatic nitrogens is 1. The predicted molar refractivity (Wildman–Crippen MR) is 93.1 cm³/mol. The van der Waals surface area contributed by atoms with Crippen LogP contribution in [0.15, 0.2) is 42.5 Å². The van der Waals surface area contributed by atoms with Gasteiger partial charge in [0.2, 0.25) is 0 Å². The van der Waals surface area contributed by atoms with Gasteiger partial charge in [-0.3, -0.25) is 9.59 Å². The van der Waals surface area contributed by atoms with Crippen molar-refractivity contribution in [1.29, 1.82) is 5.26 Å². The second-order valence-corrected chi connectivity index (χ2v) is 5.97. The Morgan fingerprint density at radius 3 is 2.40 bits per heavy atom. The van der Waals surface area contributed by atoms with Crippen LogP contribution in [0.2, 0.25) is 0 Å². The summed E-state index contributed by atoms with van der Waals surface area (Å²) in [4.78, 5) is 28.8. The van der Waals surface area contributed by atoms with E-state index in [0.717, 1.165) is 25.7 Å². The molecular weight excluding hydrogens is 316 g/mol. The molecule has 1 saturated carbocycles. The van der Waals surface area contributed by atoms with Crippen LogP contribution in [0.1, 0.15) is 52.2 Å². The number of hydrogen-bond donors (Lipinski definition) is 2. The van der Waals surface area contributed by atoms with Gasteiger partial charge in [-0.05, 0) is 37.1 Å². The van der Waals surface area contributed by atoms with Crippen LogP contribution >= 0.6 is 0 Å². The highest BCUT2D eigenvalue weighted by molar-refractivity contribution is 6.04. The van der Waals surface area contributed by atoms with Crippen molar-refractivity contribution in [3.05, 3.63) is 59.4 Å². The summed E-state index contributed by atoms with van der Waals surface area (Å²) in [5, 5.41) is 14.7. The maximum absolute atomic E-state index is 12.4. The minimum Gasteiger partial charge on any atom is -0.348 e. The van der Waals surface area contributed by atoms with Gasteiger partial charge in [0, 0.05) is 6.04 Å². The Kier molecular flexibility index (Phi) is 5.05. The summed E-state index contributed by atoms with van der Waals surface area (Å²) in [6, 6.07) is 13.7. The first-order chi connectivity index (χ1) is 12.2. The van der Waals surface area contributed by atoms with E-state index in [0.29, 0.717) is 11.3 Å². The zero-order valence-corrected chi connectivity index (χ0v) is 13.7. The van der Waals surface area contributed by atoms with Crippen LogP contribution in [0.4, 0.5) is 5.69 Å². The molecule has 1 heterocycles. The van der Waals surface area contributed by atoms with Crippen LogP contribution in [-0.4, -0.2) is 22.8 Å². The van der Waals surface area contributed by atoms with E-state index in [1.54, 1.807) is 36.4 Å². The number of nitrogens with one attached hydrogen (secondary N) is 2. The number of carbonyl (C=O) groups excluding carboxylic acids is 2. The van der Waals surface area contributed by atoms with Crippen LogP contribution in [0.25, 0.3) is 0 Å². The number of rotatable bonds is 4. The van der Waals surface area contributed by atoms with Crippen LogP contribution < -0.4 is 10.6 Å². The molecule has 2 aromatic rings. The third-order valence-corrected chi connectivity index (χ3v) is 4.20. The molecule has 6 heteroatoms. The molecule has 25 heavy (non-hydrogen) atoms.